The van der Waals surface area contributed by atoms with Crippen molar-refractivity contribution in [3.63, 3.8) is 0 Å². The lowest BCUT2D eigenvalue weighted by Gasteiger charge is -1.84. The van der Waals surface area contributed by atoms with Crippen LogP contribution in [0.15, 0.2) is 11.3 Å². The van der Waals surface area contributed by atoms with E-state index in [-0.39, 0.29) is 0 Å². The van der Waals surface area contributed by atoms with Gasteiger partial charge in [0.2, 0.25) is 0 Å². The summed E-state index contributed by atoms with van der Waals surface area (Å²) in [6.45, 7) is 0. The highest BCUT2D eigenvalue weighted by molar-refractivity contribution is 6.19. The Bertz CT molecular complexity index is 58.9. The van der Waals surface area contributed by atoms with Crippen LogP contribution in [0.5, 0.6) is 0 Å². The van der Waals surface area contributed by atoms with Crippen LogP contribution in [0.2, 0.25) is 0 Å². The maximum Gasteiger partial charge on any atom is 0.307 e. The summed E-state index contributed by atoms with van der Waals surface area (Å²) in [6, 6.07) is 0. The van der Waals surface area contributed by atoms with Crippen molar-refractivity contribution in [2.24, 2.45) is 0 Å². The molecule has 0 aromatic carbocycles. The van der Waals surface area contributed by atoms with Gasteiger partial charge >= 0.3 is 5.95 Å². The Hall–Kier alpha value is -0.643. The Morgan fingerprint density at radius 3 is 1.33 bits per heavy atom. The normalized spacial score (nSPS) is 7.50. The second-order valence-corrected chi connectivity index (χ2v) is 1.15. The molecular weight excluding hydrogens is 100 g/mol. The molecule has 0 saturated heterocycles. The molecule has 3 nitrogen and oxygen atoms in total. The molecule has 0 unspecified atom stereocenters. The summed E-state index contributed by atoms with van der Waals surface area (Å²) in [5.41, 5.74) is 0. The first-order valence-electron chi connectivity index (χ1n) is 1.17. The van der Waals surface area contributed by atoms with Gasteiger partial charge < -0.3 is 15.3 Å². The summed E-state index contributed by atoms with van der Waals surface area (Å²) in [6.07, 6.45) is 0. The average molecular weight is 103 g/mol. The van der Waals surface area contributed by atoms with Gasteiger partial charge in [-0.1, -0.05) is 0 Å². The highest BCUT2D eigenvalue weighted by atomic mass is 28.1. The van der Waals surface area contributed by atoms with Gasteiger partial charge in [-0.15, -0.1) is 0 Å². The van der Waals surface area contributed by atoms with Crippen LogP contribution in [0.1, 0.15) is 0 Å². The Morgan fingerprint density at radius 1 is 1.17 bits per heavy atom. The molecule has 0 bridgehead atoms. The molecule has 0 aliphatic heterocycles. The van der Waals surface area contributed by atoms with Gasteiger partial charge in [-0.2, -0.15) is 0 Å². The molecule has 0 atom stereocenters. The molecule has 3 radical (unpaired) electrons. The molecule has 0 spiro atoms. The maximum atomic E-state index is 7.92. The lowest BCUT2D eigenvalue weighted by molar-refractivity contribution is 0.167. The van der Waals surface area contributed by atoms with Gasteiger partial charge in [0.25, 0.3) is 0 Å². The summed E-state index contributed by atoms with van der Waals surface area (Å²) in [5, 5.41) is 22.8. The molecular formula is C2H3O3Si. The van der Waals surface area contributed by atoms with Gasteiger partial charge in [0.15, 0.2) is 0 Å². The molecule has 4 heteroatoms. The minimum absolute atomic E-state index is 0.657. The van der Waals surface area contributed by atoms with Crippen molar-refractivity contribution in [2.45, 2.75) is 0 Å². The number of aliphatic hydroxyl groups excluding tert-OH is 2. The van der Waals surface area contributed by atoms with Crippen LogP contribution in [-0.4, -0.2) is 25.6 Å². The summed E-state index contributed by atoms with van der Waals surface area (Å²) in [7, 11) is 2.42. The molecule has 0 amide bonds. The second kappa shape index (κ2) is 1.71. The zero-order valence-electron chi connectivity index (χ0n) is 2.84. The van der Waals surface area contributed by atoms with Crippen molar-refractivity contribution < 1.29 is 15.3 Å². The predicted molar refractivity (Wildman–Crippen MR) is 20.7 cm³/mol. The molecule has 0 aliphatic rings. The van der Waals surface area contributed by atoms with E-state index < -0.39 is 11.3 Å². The van der Waals surface area contributed by atoms with E-state index in [9.17, 15) is 0 Å². The monoisotopic (exact) mass is 103 g/mol. The topological polar surface area (TPSA) is 60.7 Å². The van der Waals surface area contributed by atoms with Crippen LogP contribution >= 0.6 is 0 Å². The maximum absolute atomic E-state index is 7.92. The second-order valence-electron chi connectivity index (χ2n) is 0.672. The van der Waals surface area contributed by atoms with Crippen molar-refractivity contribution in [3.8, 4) is 0 Å². The average Bonchev–Trinajstić information content (AvgIpc) is 1.36. The number of hydrogen-bond donors (Lipinski definition) is 3. The lowest BCUT2D eigenvalue weighted by Crippen LogP contribution is -1.85. The minimum Gasteiger partial charge on any atom is -0.511 e. The minimum atomic E-state index is -1.10. The molecule has 0 fully saturated rings. The number of rotatable bonds is 0. The number of hydrogen-bond acceptors (Lipinski definition) is 3. The van der Waals surface area contributed by atoms with Crippen molar-refractivity contribution in [2.75, 3.05) is 0 Å². The van der Waals surface area contributed by atoms with E-state index >= 15 is 0 Å². The third kappa shape index (κ3) is 1.65. The van der Waals surface area contributed by atoms with Crippen LogP contribution in [0.3, 0.4) is 0 Å². The van der Waals surface area contributed by atoms with Gasteiger partial charge in [0.05, 0.1) is 0 Å². The lowest BCUT2D eigenvalue weighted by atomic mass is 11.0. The highest BCUT2D eigenvalue weighted by Crippen LogP contribution is 1.81. The van der Waals surface area contributed by atoms with Gasteiger partial charge in [0.1, 0.15) is 15.6 Å². The Kier molecular flexibility index (Phi) is 1.53. The zero-order valence-corrected chi connectivity index (χ0v) is 3.84. The SMILES string of the molecule is OC(O)=C(O)[Si]. The predicted octanol–water partition coefficient (Wildman–Crippen LogP) is -0.0445. The van der Waals surface area contributed by atoms with Crippen molar-refractivity contribution >= 4 is 10.2 Å². The Balaban J connectivity index is 3.68. The Morgan fingerprint density at radius 2 is 1.33 bits per heavy atom. The standard InChI is InChI=1S/C2H3O3Si/c3-1(4)2(5)6/h3-5H. The quantitative estimate of drug-likeness (QED) is 0.297. The van der Waals surface area contributed by atoms with E-state index in [0.29, 0.717) is 0 Å². The molecule has 0 aromatic rings. The van der Waals surface area contributed by atoms with E-state index in [1.54, 1.807) is 0 Å². The summed E-state index contributed by atoms with van der Waals surface area (Å²) in [5.74, 6) is -1.10. The fraction of sp³-hybridized carbons (Fsp3) is 0. The molecule has 0 saturated carbocycles. The molecule has 33 valence electrons. The Labute approximate surface area is 38.0 Å². The van der Waals surface area contributed by atoms with E-state index in [1.165, 1.54) is 0 Å². The van der Waals surface area contributed by atoms with Crippen molar-refractivity contribution in [3.05, 3.63) is 11.3 Å². The largest absolute Gasteiger partial charge is 0.511 e. The first-order valence-corrected chi connectivity index (χ1v) is 1.67. The highest BCUT2D eigenvalue weighted by Gasteiger charge is 1.86. The molecule has 0 heterocycles. The van der Waals surface area contributed by atoms with Crippen LogP contribution in [0.25, 0.3) is 0 Å². The van der Waals surface area contributed by atoms with Gasteiger partial charge in [-0.25, -0.2) is 0 Å². The molecule has 3 N–H and O–H groups in total. The number of aliphatic hydroxyl groups is 3. The molecule has 0 aromatic heterocycles. The first kappa shape index (κ1) is 5.36. The zero-order chi connectivity index (χ0) is 5.15. The molecule has 0 rings (SSSR count). The van der Waals surface area contributed by atoms with Gasteiger partial charge in [-0.3, -0.25) is 0 Å². The fourth-order valence-corrected chi connectivity index (χ4v) is 0. The van der Waals surface area contributed by atoms with Crippen LogP contribution < -0.4 is 0 Å². The van der Waals surface area contributed by atoms with Crippen molar-refractivity contribution in [1.82, 2.24) is 0 Å². The smallest absolute Gasteiger partial charge is 0.307 e. The summed E-state index contributed by atoms with van der Waals surface area (Å²) < 4.78 is 0. The van der Waals surface area contributed by atoms with E-state index in [1.807, 2.05) is 0 Å². The van der Waals surface area contributed by atoms with Crippen molar-refractivity contribution in [1.29, 1.82) is 0 Å². The fourth-order valence-electron chi connectivity index (χ4n) is 0. The molecule has 6 heavy (non-hydrogen) atoms. The summed E-state index contributed by atoms with van der Waals surface area (Å²) in [4.78, 5) is 0. The van der Waals surface area contributed by atoms with E-state index in [0.717, 1.165) is 0 Å². The van der Waals surface area contributed by atoms with Crippen LogP contribution in [0.4, 0.5) is 0 Å². The third-order valence-corrected chi connectivity index (χ3v) is 0.435. The van der Waals surface area contributed by atoms with Crippen LogP contribution in [-0.2, 0) is 0 Å². The van der Waals surface area contributed by atoms with Gasteiger partial charge in [-0.05, 0) is 0 Å². The molecule has 0 aliphatic carbocycles. The van der Waals surface area contributed by atoms with Gasteiger partial charge in [0, 0.05) is 0 Å². The summed E-state index contributed by atoms with van der Waals surface area (Å²) >= 11 is 0. The first-order chi connectivity index (χ1) is 2.64. The third-order valence-electron chi connectivity index (χ3n) is 0.212. The van der Waals surface area contributed by atoms with E-state index in [2.05, 4.69) is 10.2 Å². The van der Waals surface area contributed by atoms with Crippen LogP contribution in [0, 0.1) is 0 Å². The van der Waals surface area contributed by atoms with E-state index in [4.69, 9.17) is 15.3 Å².